The predicted molar refractivity (Wildman–Crippen MR) is 81.6 cm³/mol. The topological polar surface area (TPSA) is 47.3 Å². The molecule has 1 aliphatic carbocycles. The highest BCUT2D eigenvalue weighted by atomic mass is 16.3. The van der Waals surface area contributed by atoms with Crippen LogP contribution in [-0.4, -0.2) is 18.2 Å². The second kappa shape index (κ2) is 6.28. The van der Waals surface area contributed by atoms with Gasteiger partial charge in [-0.05, 0) is 50.7 Å². The number of aliphatic hydroxyl groups is 1. The van der Waals surface area contributed by atoms with Crippen molar-refractivity contribution in [1.82, 2.24) is 0 Å². The Labute approximate surface area is 121 Å². The van der Waals surface area contributed by atoms with Gasteiger partial charge in [-0.2, -0.15) is 5.26 Å². The standard InChI is InChI=1S/C17H24N2O/c1-12-4-7-15(8-5-12)19(3)17-10-14(11-18)6-9-16(17)13(2)20/h6,9-10,12-13,15,20H,4-5,7-8H2,1-3H3/t12?,13-,15?/m0/s1. The van der Waals surface area contributed by atoms with E-state index in [-0.39, 0.29) is 0 Å². The Bertz CT molecular complexity index is 496. The first kappa shape index (κ1) is 14.9. The Balaban J connectivity index is 2.27. The van der Waals surface area contributed by atoms with E-state index in [0.717, 1.165) is 17.2 Å². The average Bonchev–Trinajstić information content (AvgIpc) is 2.46. The first-order valence-corrected chi connectivity index (χ1v) is 7.48. The molecule has 0 heterocycles. The molecule has 1 atom stereocenters. The van der Waals surface area contributed by atoms with Crippen molar-refractivity contribution < 1.29 is 5.11 Å². The van der Waals surface area contributed by atoms with Crippen LogP contribution in [0.1, 0.15) is 56.8 Å². The van der Waals surface area contributed by atoms with Gasteiger partial charge in [0.1, 0.15) is 0 Å². The van der Waals surface area contributed by atoms with E-state index in [1.54, 1.807) is 13.0 Å². The SMILES string of the molecule is CC1CCC(N(C)c2cc(C#N)ccc2[C@H](C)O)CC1. The summed E-state index contributed by atoms with van der Waals surface area (Å²) in [5, 5.41) is 19.0. The maximum atomic E-state index is 9.95. The highest BCUT2D eigenvalue weighted by Gasteiger charge is 2.24. The smallest absolute Gasteiger partial charge is 0.0992 e. The summed E-state index contributed by atoms with van der Waals surface area (Å²) in [6, 6.07) is 8.26. The summed E-state index contributed by atoms with van der Waals surface area (Å²) >= 11 is 0. The number of nitriles is 1. The lowest BCUT2D eigenvalue weighted by Crippen LogP contribution is -2.35. The van der Waals surface area contributed by atoms with Gasteiger partial charge in [0.2, 0.25) is 0 Å². The molecule has 0 radical (unpaired) electrons. The molecule has 0 amide bonds. The number of rotatable bonds is 3. The zero-order valence-electron chi connectivity index (χ0n) is 12.6. The van der Waals surface area contributed by atoms with Gasteiger partial charge in [-0.15, -0.1) is 0 Å². The van der Waals surface area contributed by atoms with E-state index >= 15 is 0 Å². The van der Waals surface area contributed by atoms with Crippen molar-refractivity contribution in [2.24, 2.45) is 5.92 Å². The van der Waals surface area contributed by atoms with Crippen molar-refractivity contribution in [3.05, 3.63) is 29.3 Å². The molecule has 1 aromatic carbocycles. The molecular formula is C17H24N2O. The third-order valence-electron chi connectivity index (χ3n) is 4.52. The maximum Gasteiger partial charge on any atom is 0.0992 e. The van der Waals surface area contributed by atoms with E-state index in [1.807, 2.05) is 12.1 Å². The summed E-state index contributed by atoms with van der Waals surface area (Å²) in [5.41, 5.74) is 2.56. The van der Waals surface area contributed by atoms with Crippen LogP contribution in [0.5, 0.6) is 0 Å². The van der Waals surface area contributed by atoms with E-state index < -0.39 is 6.10 Å². The quantitative estimate of drug-likeness (QED) is 0.914. The molecule has 3 heteroatoms. The van der Waals surface area contributed by atoms with E-state index in [4.69, 9.17) is 5.26 Å². The van der Waals surface area contributed by atoms with Crippen LogP contribution in [0.3, 0.4) is 0 Å². The van der Waals surface area contributed by atoms with E-state index in [2.05, 4.69) is 24.9 Å². The zero-order valence-corrected chi connectivity index (χ0v) is 12.6. The summed E-state index contributed by atoms with van der Waals surface area (Å²) < 4.78 is 0. The first-order valence-electron chi connectivity index (χ1n) is 7.48. The van der Waals surface area contributed by atoms with Gasteiger partial charge in [0, 0.05) is 24.3 Å². The number of nitrogens with zero attached hydrogens (tertiary/aromatic N) is 2. The molecule has 1 N–H and O–H groups in total. The van der Waals surface area contributed by atoms with E-state index in [9.17, 15) is 5.11 Å². The third kappa shape index (κ3) is 3.13. The molecule has 0 bridgehead atoms. The van der Waals surface area contributed by atoms with E-state index in [0.29, 0.717) is 11.6 Å². The van der Waals surface area contributed by atoms with Crippen LogP contribution in [0.25, 0.3) is 0 Å². The lowest BCUT2D eigenvalue weighted by molar-refractivity contribution is 0.199. The van der Waals surface area contributed by atoms with Gasteiger partial charge in [0.05, 0.1) is 17.7 Å². The zero-order chi connectivity index (χ0) is 14.7. The molecule has 1 fully saturated rings. The summed E-state index contributed by atoms with van der Waals surface area (Å²) in [5.74, 6) is 0.821. The van der Waals surface area contributed by atoms with Gasteiger partial charge in [-0.3, -0.25) is 0 Å². The summed E-state index contributed by atoms with van der Waals surface area (Å²) in [7, 11) is 2.09. The molecular weight excluding hydrogens is 248 g/mol. The fourth-order valence-electron chi connectivity index (χ4n) is 3.10. The van der Waals surface area contributed by atoms with Crippen LogP contribution < -0.4 is 4.90 Å². The minimum absolute atomic E-state index is 0.511. The second-order valence-electron chi connectivity index (χ2n) is 6.09. The lowest BCUT2D eigenvalue weighted by atomic mass is 9.86. The highest BCUT2D eigenvalue weighted by Crippen LogP contribution is 2.33. The Morgan fingerprint density at radius 2 is 1.95 bits per heavy atom. The fourth-order valence-corrected chi connectivity index (χ4v) is 3.10. The van der Waals surface area contributed by atoms with Gasteiger partial charge in [-0.1, -0.05) is 13.0 Å². The molecule has 0 saturated heterocycles. The molecule has 1 aromatic rings. The minimum atomic E-state index is -0.511. The average molecular weight is 272 g/mol. The number of benzene rings is 1. The second-order valence-corrected chi connectivity index (χ2v) is 6.09. The van der Waals surface area contributed by atoms with Gasteiger partial charge < -0.3 is 10.0 Å². The van der Waals surface area contributed by atoms with Crippen molar-refractivity contribution in [2.75, 3.05) is 11.9 Å². The molecule has 2 rings (SSSR count). The molecule has 0 spiro atoms. The van der Waals surface area contributed by atoms with Crippen molar-refractivity contribution in [3.63, 3.8) is 0 Å². The van der Waals surface area contributed by atoms with Crippen molar-refractivity contribution in [1.29, 1.82) is 5.26 Å². The van der Waals surface area contributed by atoms with Gasteiger partial charge in [-0.25, -0.2) is 0 Å². The molecule has 3 nitrogen and oxygen atoms in total. The number of hydrogen-bond donors (Lipinski definition) is 1. The van der Waals surface area contributed by atoms with Crippen molar-refractivity contribution >= 4 is 5.69 Å². The van der Waals surface area contributed by atoms with Crippen LogP contribution in [0.4, 0.5) is 5.69 Å². The van der Waals surface area contributed by atoms with Crippen LogP contribution in [0.2, 0.25) is 0 Å². The number of aliphatic hydroxyl groups excluding tert-OH is 1. The monoisotopic (exact) mass is 272 g/mol. The van der Waals surface area contributed by atoms with Crippen molar-refractivity contribution in [2.45, 2.75) is 51.7 Å². The molecule has 1 aliphatic rings. The number of anilines is 1. The first-order chi connectivity index (χ1) is 9.52. The normalized spacial score (nSPS) is 23.9. The summed E-state index contributed by atoms with van der Waals surface area (Å²) in [6.07, 6.45) is 4.39. The van der Waals surface area contributed by atoms with Crippen molar-refractivity contribution in [3.8, 4) is 6.07 Å². The molecule has 0 aliphatic heterocycles. The summed E-state index contributed by atoms with van der Waals surface area (Å²) in [6.45, 7) is 4.09. The van der Waals surface area contributed by atoms with Gasteiger partial charge in [0.15, 0.2) is 0 Å². The molecule has 0 aromatic heterocycles. The lowest BCUT2D eigenvalue weighted by Gasteiger charge is -2.36. The molecule has 20 heavy (non-hydrogen) atoms. The van der Waals surface area contributed by atoms with E-state index in [1.165, 1.54) is 25.7 Å². The molecule has 108 valence electrons. The molecule has 1 saturated carbocycles. The van der Waals surface area contributed by atoms with Crippen LogP contribution in [0.15, 0.2) is 18.2 Å². The fraction of sp³-hybridized carbons (Fsp3) is 0.588. The largest absolute Gasteiger partial charge is 0.389 e. The predicted octanol–water partition coefficient (Wildman–Crippen LogP) is 3.63. The number of hydrogen-bond acceptors (Lipinski definition) is 3. The third-order valence-corrected chi connectivity index (χ3v) is 4.52. The van der Waals surface area contributed by atoms with Gasteiger partial charge in [0.25, 0.3) is 0 Å². The molecule has 0 unspecified atom stereocenters. The Morgan fingerprint density at radius 3 is 2.50 bits per heavy atom. The van der Waals surface area contributed by atoms with Crippen LogP contribution in [0, 0.1) is 17.2 Å². The Morgan fingerprint density at radius 1 is 1.30 bits per heavy atom. The Kier molecular flexibility index (Phi) is 4.67. The highest BCUT2D eigenvalue weighted by molar-refractivity contribution is 5.58. The minimum Gasteiger partial charge on any atom is -0.389 e. The van der Waals surface area contributed by atoms with Crippen LogP contribution in [-0.2, 0) is 0 Å². The van der Waals surface area contributed by atoms with Crippen LogP contribution >= 0.6 is 0 Å². The van der Waals surface area contributed by atoms with Gasteiger partial charge >= 0.3 is 0 Å². The Hall–Kier alpha value is -1.53. The summed E-state index contributed by atoms with van der Waals surface area (Å²) in [4.78, 5) is 2.26. The maximum absolute atomic E-state index is 9.95.